The van der Waals surface area contributed by atoms with Crippen LogP contribution in [0.2, 0.25) is 0 Å². The van der Waals surface area contributed by atoms with Gasteiger partial charge in [-0.25, -0.2) is 0 Å². The Labute approximate surface area is 99.5 Å². The Morgan fingerprint density at radius 2 is 1.88 bits per heavy atom. The summed E-state index contributed by atoms with van der Waals surface area (Å²) in [5.74, 6) is 1.48. The first kappa shape index (κ1) is 13.2. The SMILES string of the molecule is CC(C)CNCCC(C)Cc1ccncc1. The lowest BCUT2D eigenvalue weighted by Gasteiger charge is -2.12. The molecule has 1 atom stereocenters. The van der Waals surface area contributed by atoms with E-state index in [9.17, 15) is 0 Å². The quantitative estimate of drug-likeness (QED) is 0.715. The first-order valence-electron chi connectivity index (χ1n) is 6.28. The third-order valence-corrected chi connectivity index (χ3v) is 2.70. The minimum atomic E-state index is 0.738. The molecule has 2 heteroatoms. The van der Waals surface area contributed by atoms with Crippen LogP contribution in [-0.4, -0.2) is 18.1 Å². The van der Waals surface area contributed by atoms with Gasteiger partial charge < -0.3 is 5.32 Å². The maximum absolute atomic E-state index is 4.04. The van der Waals surface area contributed by atoms with E-state index in [0.717, 1.165) is 31.3 Å². The van der Waals surface area contributed by atoms with Crippen LogP contribution in [0.25, 0.3) is 0 Å². The van der Waals surface area contributed by atoms with Crippen molar-refractivity contribution in [1.82, 2.24) is 10.3 Å². The Morgan fingerprint density at radius 1 is 1.19 bits per heavy atom. The predicted molar refractivity (Wildman–Crippen MR) is 69.4 cm³/mol. The Bertz CT molecular complexity index is 269. The van der Waals surface area contributed by atoms with E-state index in [0.29, 0.717) is 0 Å². The highest BCUT2D eigenvalue weighted by molar-refractivity contribution is 5.10. The fraction of sp³-hybridized carbons (Fsp3) is 0.643. The van der Waals surface area contributed by atoms with Crippen LogP contribution in [0.1, 0.15) is 32.8 Å². The fourth-order valence-electron chi connectivity index (χ4n) is 1.76. The van der Waals surface area contributed by atoms with Gasteiger partial charge in [0.15, 0.2) is 0 Å². The van der Waals surface area contributed by atoms with Crippen molar-refractivity contribution in [2.45, 2.75) is 33.6 Å². The van der Waals surface area contributed by atoms with Crippen molar-refractivity contribution in [1.29, 1.82) is 0 Å². The second-order valence-corrected chi connectivity index (χ2v) is 5.05. The average Bonchev–Trinajstić information content (AvgIpc) is 2.25. The van der Waals surface area contributed by atoms with Crippen LogP contribution < -0.4 is 5.32 Å². The average molecular weight is 220 g/mol. The summed E-state index contributed by atoms with van der Waals surface area (Å²) in [6.07, 6.45) is 6.15. The molecule has 0 aliphatic rings. The van der Waals surface area contributed by atoms with Crippen molar-refractivity contribution in [3.63, 3.8) is 0 Å². The van der Waals surface area contributed by atoms with Crippen LogP contribution in [-0.2, 0) is 6.42 Å². The van der Waals surface area contributed by atoms with E-state index in [4.69, 9.17) is 0 Å². The van der Waals surface area contributed by atoms with E-state index in [1.165, 1.54) is 12.0 Å². The highest BCUT2D eigenvalue weighted by Crippen LogP contribution is 2.10. The smallest absolute Gasteiger partial charge is 0.0270 e. The Balaban J connectivity index is 2.14. The summed E-state index contributed by atoms with van der Waals surface area (Å²) < 4.78 is 0. The second kappa shape index (κ2) is 7.39. The standard InChI is InChI=1S/C14H24N2/c1-12(2)11-16-7-4-13(3)10-14-5-8-15-9-6-14/h5-6,8-9,12-13,16H,4,7,10-11H2,1-3H3. The van der Waals surface area contributed by atoms with Gasteiger partial charge in [0.05, 0.1) is 0 Å². The largest absolute Gasteiger partial charge is 0.316 e. The molecule has 0 saturated heterocycles. The number of rotatable bonds is 7. The van der Waals surface area contributed by atoms with Gasteiger partial charge >= 0.3 is 0 Å². The summed E-state index contributed by atoms with van der Waals surface area (Å²) in [6, 6.07) is 4.22. The summed E-state index contributed by atoms with van der Waals surface area (Å²) in [6.45, 7) is 9.06. The molecule has 1 aromatic heterocycles. The zero-order valence-corrected chi connectivity index (χ0v) is 10.7. The summed E-state index contributed by atoms with van der Waals surface area (Å²) >= 11 is 0. The Morgan fingerprint density at radius 3 is 2.50 bits per heavy atom. The number of nitrogens with one attached hydrogen (secondary N) is 1. The third-order valence-electron chi connectivity index (χ3n) is 2.70. The molecule has 0 bridgehead atoms. The van der Waals surface area contributed by atoms with E-state index >= 15 is 0 Å². The lowest BCUT2D eigenvalue weighted by atomic mass is 9.99. The molecule has 0 saturated carbocycles. The first-order chi connectivity index (χ1) is 7.68. The van der Waals surface area contributed by atoms with E-state index in [2.05, 4.69) is 43.2 Å². The van der Waals surface area contributed by atoms with Gasteiger partial charge in [-0.15, -0.1) is 0 Å². The van der Waals surface area contributed by atoms with E-state index in [-0.39, 0.29) is 0 Å². The second-order valence-electron chi connectivity index (χ2n) is 5.05. The third kappa shape index (κ3) is 5.86. The van der Waals surface area contributed by atoms with E-state index < -0.39 is 0 Å². The number of pyridine rings is 1. The van der Waals surface area contributed by atoms with Gasteiger partial charge in [-0.2, -0.15) is 0 Å². The molecule has 0 aromatic carbocycles. The van der Waals surface area contributed by atoms with Crippen molar-refractivity contribution in [2.75, 3.05) is 13.1 Å². The minimum absolute atomic E-state index is 0.738. The highest BCUT2D eigenvalue weighted by Gasteiger charge is 2.03. The van der Waals surface area contributed by atoms with Gasteiger partial charge in [-0.1, -0.05) is 20.8 Å². The summed E-state index contributed by atoms with van der Waals surface area (Å²) in [5, 5.41) is 3.49. The molecule has 0 fully saturated rings. The van der Waals surface area contributed by atoms with Crippen LogP contribution in [0.5, 0.6) is 0 Å². The molecule has 1 heterocycles. The van der Waals surface area contributed by atoms with Crippen LogP contribution in [0.3, 0.4) is 0 Å². The van der Waals surface area contributed by atoms with Gasteiger partial charge in [0, 0.05) is 12.4 Å². The van der Waals surface area contributed by atoms with Crippen molar-refractivity contribution in [2.24, 2.45) is 11.8 Å². The predicted octanol–water partition coefficient (Wildman–Crippen LogP) is 2.90. The normalized spacial score (nSPS) is 13.0. The molecule has 0 amide bonds. The maximum Gasteiger partial charge on any atom is 0.0270 e. The molecule has 2 nitrogen and oxygen atoms in total. The molecule has 1 aromatic rings. The van der Waals surface area contributed by atoms with Crippen molar-refractivity contribution < 1.29 is 0 Å². The minimum Gasteiger partial charge on any atom is -0.316 e. The molecule has 0 aliphatic carbocycles. The number of nitrogens with zero attached hydrogens (tertiary/aromatic N) is 1. The molecule has 90 valence electrons. The molecule has 0 radical (unpaired) electrons. The van der Waals surface area contributed by atoms with Crippen LogP contribution >= 0.6 is 0 Å². The van der Waals surface area contributed by atoms with E-state index in [1.54, 1.807) is 0 Å². The topological polar surface area (TPSA) is 24.9 Å². The van der Waals surface area contributed by atoms with Gasteiger partial charge in [0.2, 0.25) is 0 Å². The monoisotopic (exact) mass is 220 g/mol. The molecule has 0 spiro atoms. The van der Waals surface area contributed by atoms with Gasteiger partial charge in [0.25, 0.3) is 0 Å². The van der Waals surface area contributed by atoms with Crippen molar-refractivity contribution in [3.8, 4) is 0 Å². The molecular weight excluding hydrogens is 196 g/mol. The molecule has 1 unspecified atom stereocenters. The van der Waals surface area contributed by atoms with Crippen LogP contribution in [0.4, 0.5) is 0 Å². The van der Waals surface area contributed by atoms with Crippen LogP contribution in [0.15, 0.2) is 24.5 Å². The molecule has 1 rings (SSSR count). The van der Waals surface area contributed by atoms with Gasteiger partial charge in [0.1, 0.15) is 0 Å². The lowest BCUT2D eigenvalue weighted by molar-refractivity contribution is 0.474. The number of hydrogen-bond donors (Lipinski definition) is 1. The summed E-state index contributed by atoms with van der Waals surface area (Å²) in [5.41, 5.74) is 1.39. The lowest BCUT2D eigenvalue weighted by Crippen LogP contribution is -2.22. The molecular formula is C14H24N2. The van der Waals surface area contributed by atoms with Crippen LogP contribution in [0, 0.1) is 11.8 Å². The molecule has 0 aliphatic heterocycles. The Hall–Kier alpha value is -0.890. The zero-order valence-electron chi connectivity index (χ0n) is 10.7. The van der Waals surface area contributed by atoms with Crippen molar-refractivity contribution >= 4 is 0 Å². The van der Waals surface area contributed by atoms with Gasteiger partial charge in [-0.05, 0) is 55.5 Å². The highest BCUT2D eigenvalue weighted by atomic mass is 14.8. The fourth-order valence-corrected chi connectivity index (χ4v) is 1.76. The molecule has 16 heavy (non-hydrogen) atoms. The van der Waals surface area contributed by atoms with Gasteiger partial charge in [-0.3, -0.25) is 4.98 Å². The molecule has 1 N–H and O–H groups in total. The van der Waals surface area contributed by atoms with Crippen molar-refractivity contribution in [3.05, 3.63) is 30.1 Å². The van der Waals surface area contributed by atoms with E-state index in [1.807, 2.05) is 12.4 Å². The summed E-state index contributed by atoms with van der Waals surface area (Å²) in [4.78, 5) is 4.04. The number of hydrogen-bond acceptors (Lipinski definition) is 2. The first-order valence-corrected chi connectivity index (χ1v) is 6.28. The Kier molecular flexibility index (Phi) is 6.09. The summed E-state index contributed by atoms with van der Waals surface area (Å²) in [7, 11) is 0. The maximum atomic E-state index is 4.04. The zero-order chi connectivity index (χ0) is 11.8. The number of aromatic nitrogens is 1.